The largest absolute Gasteiger partial charge is 0.489 e. The summed E-state index contributed by atoms with van der Waals surface area (Å²) in [5.74, 6) is 1.39. The van der Waals surface area contributed by atoms with E-state index >= 15 is 0 Å². The minimum atomic E-state index is 0.00917. The molecular formula is C13H16O2. The zero-order valence-corrected chi connectivity index (χ0v) is 9.41. The van der Waals surface area contributed by atoms with Gasteiger partial charge in [0, 0.05) is 6.42 Å². The first-order valence-electron chi connectivity index (χ1n) is 5.41. The van der Waals surface area contributed by atoms with Crippen molar-refractivity contribution in [2.75, 3.05) is 0 Å². The Labute approximate surface area is 90.3 Å². The highest BCUT2D eigenvalue weighted by molar-refractivity contribution is 6.00. The van der Waals surface area contributed by atoms with E-state index in [1.54, 1.807) is 0 Å². The van der Waals surface area contributed by atoms with Gasteiger partial charge >= 0.3 is 0 Å². The number of hydrogen-bond donors (Lipinski definition) is 0. The lowest BCUT2D eigenvalue weighted by Crippen LogP contribution is -2.24. The highest BCUT2D eigenvalue weighted by atomic mass is 16.5. The van der Waals surface area contributed by atoms with Gasteiger partial charge in [0.25, 0.3) is 0 Å². The molecule has 0 aromatic heterocycles. The van der Waals surface area contributed by atoms with E-state index in [0.29, 0.717) is 12.3 Å². The number of carbonyl (C=O) groups excluding carboxylic acids is 1. The molecule has 2 heteroatoms. The Morgan fingerprint density at radius 2 is 2.13 bits per heavy atom. The number of carbonyl (C=O) groups is 1. The lowest BCUT2D eigenvalue weighted by molar-refractivity contribution is 0.0871. The van der Waals surface area contributed by atoms with Crippen molar-refractivity contribution >= 4 is 5.78 Å². The van der Waals surface area contributed by atoms with Crippen molar-refractivity contribution in [3.05, 3.63) is 29.3 Å². The maximum Gasteiger partial charge on any atom is 0.170 e. The Balaban J connectivity index is 2.44. The second-order valence-electron chi connectivity index (χ2n) is 4.47. The van der Waals surface area contributed by atoms with Gasteiger partial charge in [-0.25, -0.2) is 0 Å². The van der Waals surface area contributed by atoms with Crippen LogP contribution in [0.1, 0.15) is 49.0 Å². The van der Waals surface area contributed by atoms with Crippen molar-refractivity contribution in [1.29, 1.82) is 0 Å². The van der Waals surface area contributed by atoms with Crippen LogP contribution in [0.5, 0.6) is 5.75 Å². The lowest BCUT2D eigenvalue weighted by atomic mass is 9.95. The van der Waals surface area contributed by atoms with Gasteiger partial charge < -0.3 is 4.74 Å². The van der Waals surface area contributed by atoms with Crippen molar-refractivity contribution in [1.82, 2.24) is 0 Å². The standard InChI is InChI=1S/C13H16O2/c1-8(2)10-4-5-13-11(7-10)12(14)6-9(3)15-13/h4-5,7-9H,6H2,1-3H3/t9-/m1/s1. The average Bonchev–Trinajstić information content (AvgIpc) is 2.16. The highest BCUT2D eigenvalue weighted by Gasteiger charge is 2.23. The average molecular weight is 204 g/mol. The zero-order valence-electron chi connectivity index (χ0n) is 9.41. The van der Waals surface area contributed by atoms with Gasteiger partial charge in [-0.15, -0.1) is 0 Å². The third kappa shape index (κ3) is 1.89. The summed E-state index contributed by atoms with van der Waals surface area (Å²) >= 11 is 0. The maximum atomic E-state index is 11.8. The molecule has 1 aromatic rings. The van der Waals surface area contributed by atoms with Crippen molar-refractivity contribution in [2.45, 2.75) is 39.2 Å². The van der Waals surface area contributed by atoms with Gasteiger partial charge in [-0.1, -0.05) is 19.9 Å². The van der Waals surface area contributed by atoms with E-state index in [1.165, 1.54) is 5.56 Å². The number of ether oxygens (including phenoxy) is 1. The lowest BCUT2D eigenvalue weighted by Gasteiger charge is -2.23. The first kappa shape index (κ1) is 10.2. The molecule has 1 atom stereocenters. The van der Waals surface area contributed by atoms with Gasteiger partial charge in [-0.05, 0) is 30.5 Å². The zero-order chi connectivity index (χ0) is 11.0. The van der Waals surface area contributed by atoms with Gasteiger partial charge in [0.05, 0.1) is 5.56 Å². The molecule has 0 radical (unpaired) electrons. The molecule has 0 amide bonds. The Hall–Kier alpha value is -1.31. The molecule has 2 rings (SSSR count). The molecule has 0 fully saturated rings. The molecule has 2 nitrogen and oxygen atoms in total. The van der Waals surface area contributed by atoms with Crippen molar-refractivity contribution in [3.8, 4) is 5.75 Å². The van der Waals surface area contributed by atoms with Crippen LogP contribution in [0.2, 0.25) is 0 Å². The monoisotopic (exact) mass is 204 g/mol. The molecule has 1 heterocycles. The smallest absolute Gasteiger partial charge is 0.170 e. The molecule has 1 aliphatic rings. The van der Waals surface area contributed by atoms with Gasteiger partial charge in [-0.2, -0.15) is 0 Å². The summed E-state index contributed by atoms with van der Waals surface area (Å²) in [5, 5.41) is 0. The van der Waals surface area contributed by atoms with Gasteiger partial charge in [0.2, 0.25) is 0 Å². The minimum absolute atomic E-state index is 0.00917. The summed E-state index contributed by atoms with van der Waals surface area (Å²) in [6.45, 7) is 6.17. The van der Waals surface area contributed by atoms with Crippen molar-refractivity contribution in [2.24, 2.45) is 0 Å². The van der Waals surface area contributed by atoms with Crippen LogP contribution < -0.4 is 4.74 Å². The van der Waals surface area contributed by atoms with Crippen LogP contribution in [0.3, 0.4) is 0 Å². The Kier molecular flexibility index (Phi) is 2.51. The van der Waals surface area contributed by atoms with Crippen molar-refractivity contribution in [3.63, 3.8) is 0 Å². The van der Waals surface area contributed by atoms with Crippen LogP contribution in [-0.4, -0.2) is 11.9 Å². The van der Waals surface area contributed by atoms with Crippen molar-refractivity contribution < 1.29 is 9.53 Å². The summed E-state index contributed by atoms with van der Waals surface area (Å²) in [6, 6.07) is 5.92. The first-order chi connectivity index (χ1) is 7.08. The molecule has 0 saturated carbocycles. The molecule has 0 saturated heterocycles. The van der Waals surface area contributed by atoms with Crippen LogP contribution >= 0.6 is 0 Å². The molecular weight excluding hydrogens is 188 g/mol. The van der Waals surface area contributed by atoms with E-state index in [4.69, 9.17) is 4.74 Å². The first-order valence-corrected chi connectivity index (χ1v) is 5.41. The van der Waals surface area contributed by atoms with Crippen LogP contribution in [0.25, 0.3) is 0 Å². The normalized spacial score (nSPS) is 20.0. The van der Waals surface area contributed by atoms with Crippen LogP contribution in [0, 0.1) is 0 Å². The molecule has 0 N–H and O–H groups in total. The molecule has 0 bridgehead atoms. The number of ketones is 1. The molecule has 0 unspecified atom stereocenters. The molecule has 80 valence electrons. The predicted molar refractivity (Wildman–Crippen MR) is 59.6 cm³/mol. The molecule has 0 spiro atoms. The van der Waals surface area contributed by atoms with E-state index in [0.717, 1.165) is 11.3 Å². The summed E-state index contributed by atoms with van der Waals surface area (Å²) in [5.41, 5.74) is 1.94. The molecule has 0 aliphatic carbocycles. The number of rotatable bonds is 1. The van der Waals surface area contributed by atoms with E-state index < -0.39 is 0 Å². The van der Waals surface area contributed by atoms with Gasteiger partial charge in [-0.3, -0.25) is 4.79 Å². The fourth-order valence-corrected chi connectivity index (χ4v) is 1.86. The SMILES string of the molecule is CC(C)c1ccc2c(c1)C(=O)C[C@@H](C)O2. The van der Waals surface area contributed by atoms with E-state index in [2.05, 4.69) is 13.8 Å². The third-order valence-corrected chi connectivity index (χ3v) is 2.77. The predicted octanol–water partition coefficient (Wildman–Crippen LogP) is 3.16. The minimum Gasteiger partial charge on any atom is -0.489 e. The fourth-order valence-electron chi connectivity index (χ4n) is 1.86. The second kappa shape index (κ2) is 3.69. The summed E-state index contributed by atoms with van der Waals surface area (Å²) in [6.07, 6.45) is 0.504. The number of fused-ring (bicyclic) bond motifs is 1. The number of Topliss-reactive ketones (excluding diaryl/α,β-unsaturated/α-hetero) is 1. The van der Waals surface area contributed by atoms with Crippen LogP contribution in [0.4, 0.5) is 0 Å². The topological polar surface area (TPSA) is 26.3 Å². The van der Waals surface area contributed by atoms with E-state index in [1.807, 2.05) is 25.1 Å². The van der Waals surface area contributed by atoms with E-state index in [9.17, 15) is 4.79 Å². The summed E-state index contributed by atoms with van der Waals surface area (Å²) < 4.78 is 5.62. The van der Waals surface area contributed by atoms with Gasteiger partial charge in [0.1, 0.15) is 11.9 Å². The Bertz CT molecular complexity index is 394. The Morgan fingerprint density at radius 1 is 1.40 bits per heavy atom. The summed E-state index contributed by atoms with van der Waals surface area (Å²) in [4.78, 5) is 11.8. The highest BCUT2D eigenvalue weighted by Crippen LogP contribution is 2.30. The number of hydrogen-bond acceptors (Lipinski definition) is 2. The molecule has 1 aliphatic heterocycles. The van der Waals surface area contributed by atoms with Crippen LogP contribution in [-0.2, 0) is 0 Å². The Morgan fingerprint density at radius 3 is 2.80 bits per heavy atom. The fraction of sp³-hybridized carbons (Fsp3) is 0.462. The molecule has 15 heavy (non-hydrogen) atoms. The third-order valence-electron chi connectivity index (χ3n) is 2.77. The molecule has 1 aromatic carbocycles. The van der Waals surface area contributed by atoms with Crippen LogP contribution in [0.15, 0.2) is 18.2 Å². The second-order valence-corrected chi connectivity index (χ2v) is 4.47. The quantitative estimate of drug-likeness (QED) is 0.702. The maximum absolute atomic E-state index is 11.8. The number of benzene rings is 1. The van der Waals surface area contributed by atoms with E-state index in [-0.39, 0.29) is 11.9 Å². The van der Waals surface area contributed by atoms with Gasteiger partial charge in [0.15, 0.2) is 5.78 Å². The summed E-state index contributed by atoms with van der Waals surface area (Å²) in [7, 11) is 0.